The van der Waals surface area contributed by atoms with Gasteiger partial charge in [0.05, 0.1) is 16.1 Å². The molecule has 12 heavy (non-hydrogen) atoms. The van der Waals surface area contributed by atoms with Gasteiger partial charge in [-0.25, -0.2) is 10.3 Å². The van der Waals surface area contributed by atoms with E-state index >= 15 is 0 Å². The van der Waals surface area contributed by atoms with Crippen molar-refractivity contribution >= 4 is 27.5 Å². The van der Waals surface area contributed by atoms with Gasteiger partial charge in [-0.1, -0.05) is 17.7 Å². The molecular weight excluding hydrogens is 248 g/mol. The molecule has 1 rings (SSSR count). The van der Waals surface area contributed by atoms with Crippen molar-refractivity contribution in [2.75, 3.05) is 0 Å². The first-order valence-electron chi connectivity index (χ1n) is 3.11. The molecule has 0 bridgehead atoms. The summed E-state index contributed by atoms with van der Waals surface area (Å²) in [6, 6.07) is 3.19. The molecular formula is C7H6BrClFNO. The van der Waals surface area contributed by atoms with E-state index in [-0.39, 0.29) is 11.6 Å². The summed E-state index contributed by atoms with van der Waals surface area (Å²) in [5.74, 6) is 4.33. The van der Waals surface area contributed by atoms with Crippen molar-refractivity contribution in [2.45, 2.75) is 6.61 Å². The number of benzene rings is 1. The highest BCUT2D eigenvalue weighted by Gasteiger charge is 2.09. The largest absolute Gasteiger partial charge is 0.300 e. The van der Waals surface area contributed by atoms with Crippen LogP contribution in [0.2, 0.25) is 5.02 Å². The van der Waals surface area contributed by atoms with Crippen LogP contribution in [0.1, 0.15) is 5.56 Å². The molecule has 0 saturated carbocycles. The number of hydrogen-bond donors (Lipinski definition) is 1. The van der Waals surface area contributed by atoms with E-state index in [1.807, 2.05) is 0 Å². The first-order valence-corrected chi connectivity index (χ1v) is 4.28. The van der Waals surface area contributed by atoms with Crippen molar-refractivity contribution in [3.8, 4) is 0 Å². The fourth-order valence-corrected chi connectivity index (χ4v) is 1.43. The highest BCUT2D eigenvalue weighted by Crippen LogP contribution is 2.26. The maximum atomic E-state index is 13.0. The van der Waals surface area contributed by atoms with Crippen molar-refractivity contribution in [2.24, 2.45) is 5.90 Å². The summed E-state index contributed by atoms with van der Waals surface area (Å²) in [5.41, 5.74) is 0.528. The standard InChI is InChI=1S/C7H6BrClFNO/c8-5-2-1-4(3-12-11)6(9)7(5)10/h1-2H,3,11H2. The quantitative estimate of drug-likeness (QED) is 0.650. The molecule has 0 unspecified atom stereocenters. The van der Waals surface area contributed by atoms with Gasteiger partial charge in [-0.3, -0.25) is 4.84 Å². The van der Waals surface area contributed by atoms with E-state index in [9.17, 15) is 4.39 Å². The zero-order valence-corrected chi connectivity index (χ0v) is 8.32. The van der Waals surface area contributed by atoms with Crippen LogP contribution in [0.3, 0.4) is 0 Å². The molecule has 0 aliphatic carbocycles. The molecule has 2 nitrogen and oxygen atoms in total. The maximum absolute atomic E-state index is 13.0. The lowest BCUT2D eigenvalue weighted by atomic mass is 10.2. The smallest absolute Gasteiger partial charge is 0.156 e. The third-order valence-electron chi connectivity index (χ3n) is 1.35. The van der Waals surface area contributed by atoms with Crippen molar-refractivity contribution in [1.29, 1.82) is 0 Å². The third kappa shape index (κ3) is 1.95. The average Bonchev–Trinajstić information content (AvgIpc) is 2.07. The Bertz CT molecular complexity index is 295. The summed E-state index contributed by atoms with van der Waals surface area (Å²) in [5, 5.41) is 0.0369. The second-order valence-corrected chi connectivity index (χ2v) is 3.38. The van der Waals surface area contributed by atoms with Gasteiger partial charge in [-0.2, -0.15) is 0 Å². The molecule has 1 aromatic carbocycles. The summed E-state index contributed by atoms with van der Waals surface area (Å²) < 4.78 is 13.4. The van der Waals surface area contributed by atoms with Gasteiger partial charge in [0.25, 0.3) is 0 Å². The third-order valence-corrected chi connectivity index (χ3v) is 2.38. The van der Waals surface area contributed by atoms with Gasteiger partial charge in [0.15, 0.2) is 5.82 Å². The first kappa shape index (κ1) is 9.92. The Morgan fingerprint density at radius 2 is 2.25 bits per heavy atom. The summed E-state index contributed by atoms with van der Waals surface area (Å²) in [6.07, 6.45) is 0. The van der Waals surface area contributed by atoms with Crippen molar-refractivity contribution in [3.05, 3.63) is 33.0 Å². The Labute approximate surface area is 82.5 Å². The molecule has 0 aliphatic heterocycles. The van der Waals surface area contributed by atoms with E-state index in [1.165, 1.54) is 0 Å². The minimum absolute atomic E-state index is 0.0369. The molecule has 0 spiro atoms. The van der Waals surface area contributed by atoms with Crippen LogP contribution >= 0.6 is 27.5 Å². The van der Waals surface area contributed by atoms with E-state index in [0.717, 1.165) is 0 Å². The van der Waals surface area contributed by atoms with Crippen LogP contribution in [-0.4, -0.2) is 0 Å². The lowest BCUT2D eigenvalue weighted by molar-refractivity contribution is 0.124. The normalized spacial score (nSPS) is 10.3. The molecule has 0 heterocycles. The molecule has 5 heteroatoms. The maximum Gasteiger partial charge on any atom is 0.156 e. The van der Waals surface area contributed by atoms with Gasteiger partial charge in [0, 0.05) is 5.56 Å². The topological polar surface area (TPSA) is 35.2 Å². The highest BCUT2D eigenvalue weighted by molar-refractivity contribution is 9.10. The molecule has 1 aromatic rings. The van der Waals surface area contributed by atoms with Crippen LogP contribution in [0.4, 0.5) is 4.39 Å². The Hall–Kier alpha value is -0.160. The van der Waals surface area contributed by atoms with Crippen LogP contribution in [0, 0.1) is 5.82 Å². The van der Waals surface area contributed by atoms with Gasteiger partial charge in [0.2, 0.25) is 0 Å². The first-order chi connectivity index (χ1) is 5.66. The monoisotopic (exact) mass is 253 g/mol. The Morgan fingerprint density at radius 1 is 1.58 bits per heavy atom. The average molecular weight is 254 g/mol. The summed E-state index contributed by atoms with van der Waals surface area (Å²) >= 11 is 8.64. The van der Waals surface area contributed by atoms with E-state index in [1.54, 1.807) is 12.1 Å². The lowest BCUT2D eigenvalue weighted by Gasteiger charge is -2.03. The Morgan fingerprint density at radius 3 is 2.83 bits per heavy atom. The number of nitrogens with two attached hydrogens (primary N) is 1. The van der Waals surface area contributed by atoms with Gasteiger partial charge in [-0.05, 0) is 22.0 Å². The summed E-state index contributed by atoms with van der Waals surface area (Å²) in [7, 11) is 0. The molecule has 2 N–H and O–H groups in total. The zero-order chi connectivity index (χ0) is 9.14. The highest BCUT2D eigenvalue weighted by atomic mass is 79.9. The van der Waals surface area contributed by atoms with Crippen LogP contribution in [-0.2, 0) is 11.4 Å². The fourth-order valence-electron chi connectivity index (χ4n) is 0.767. The van der Waals surface area contributed by atoms with E-state index in [4.69, 9.17) is 17.5 Å². The number of rotatable bonds is 2. The van der Waals surface area contributed by atoms with Crippen molar-refractivity contribution in [1.82, 2.24) is 0 Å². The second-order valence-electron chi connectivity index (χ2n) is 2.15. The van der Waals surface area contributed by atoms with Crippen LogP contribution in [0.15, 0.2) is 16.6 Å². The molecule has 0 radical (unpaired) electrons. The molecule has 66 valence electrons. The van der Waals surface area contributed by atoms with Gasteiger partial charge in [0.1, 0.15) is 0 Å². The van der Waals surface area contributed by atoms with Gasteiger partial charge < -0.3 is 0 Å². The predicted octanol–water partition coefficient (Wildman–Crippen LogP) is 2.63. The Balaban J connectivity index is 3.08. The SMILES string of the molecule is NOCc1ccc(Br)c(F)c1Cl. The van der Waals surface area contributed by atoms with E-state index < -0.39 is 5.82 Å². The molecule has 0 fully saturated rings. The summed E-state index contributed by atoms with van der Waals surface area (Å²) in [6.45, 7) is 0.100. The summed E-state index contributed by atoms with van der Waals surface area (Å²) in [4.78, 5) is 4.34. The van der Waals surface area contributed by atoms with Gasteiger partial charge >= 0.3 is 0 Å². The molecule has 0 amide bonds. The number of halogens is 3. The fraction of sp³-hybridized carbons (Fsp3) is 0.143. The van der Waals surface area contributed by atoms with Crippen LogP contribution < -0.4 is 5.90 Å². The van der Waals surface area contributed by atoms with Crippen LogP contribution in [0.5, 0.6) is 0 Å². The van der Waals surface area contributed by atoms with Gasteiger partial charge in [-0.15, -0.1) is 0 Å². The molecule has 0 aliphatic rings. The minimum atomic E-state index is -0.494. The molecule has 0 aromatic heterocycles. The van der Waals surface area contributed by atoms with E-state index in [0.29, 0.717) is 10.0 Å². The van der Waals surface area contributed by atoms with Crippen molar-refractivity contribution < 1.29 is 9.23 Å². The second kappa shape index (κ2) is 4.18. The Kier molecular flexibility index (Phi) is 3.46. The van der Waals surface area contributed by atoms with Crippen LogP contribution in [0.25, 0.3) is 0 Å². The number of hydrogen-bond acceptors (Lipinski definition) is 2. The molecule has 0 atom stereocenters. The predicted molar refractivity (Wildman–Crippen MR) is 48.1 cm³/mol. The zero-order valence-electron chi connectivity index (χ0n) is 5.98. The minimum Gasteiger partial charge on any atom is -0.300 e. The molecule has 0 saturated heterocycles. The lowest BCUT2D eigenvalue weighted by Crippen LogP contribution is -2.00. The van der Waals surface area contributed by atoms with E-state index in [2.05, 4.69) is 20.8 Å². The van der Waals surface area contributed by atoms with Crippen molar-refractivity contribution in [3.63, 3.8) is 0 Å².